The van der Waals surface area contributed by atoms with Crippen LogP contribution in [0.25, 0.3) is 0 Å². The number of nitrogens with zero attached hydrogens (tertiary/aromatic N) is 2. The lowest BCUT2D eigenvalue weighted by Crippen LogP contribution is -2.50. The van der Waals surface area contributed by atoms with Crippen LogP contribution in [0.3, 0.4) is 0 Å². The van der Waals surface area contributed by atoms with E-state index >= 15 is 0 Å². The van der Waals surface area contributed by atoms with Gasteiger partial charge in [0, 0.05) is 23.6 Å². The van der Waals surface area contributed by atoms with E-state index in [0.717, 1.165) is 4.31 Å². The molecular formula is C27H29Cl2N3O5S. The van der Waals surface area contributed by atoms with Crippen LogP contribution in [0, 0.1) is 0 Å². The van der Waals surface area contributed by atoms with Crippen molar-refractivity contribution in [3.8, 4) is 5.75 Å². The molecule has 3 rings (SSSR count). The van der Waals surface area contributed by atoms with Gasteiger partial charge >= 0.3 is 0 Å². The van der Waals surface area contributed by atoms with Gasteiger partial charge < -0.3 is 15.0 Å². The highest BCUT2D eigenvalue weighted by atomic mass is 35.5. The molecule has 3 aromatic carbocycles. The van der Waals surface area contributed by atoms with Crippen LogP contribution in [-0.2, 0) is 26.2 Å². The van der Waals surface area contributed by atoms with Gasteiger partial charge in [-0.05, 0) is 67.9 Å². The minimum Gasteiger partial charge on any atom is -0.494 e. The van der Waals surface area contributed by atoms with Crippen molar-refractivity contribution in [2.24, 2.45) is 0 Å². The first-order valence-corrected chi connectivity index (χ1v) is 14.0. The van der Waals surface area contributed by atoms with Gasteiger partial charge in [0.1, 0.15) is 18.3 Å². The molecule has 0 heterocycles. The predicted octanol–water partition coefficient (Wildman–Crippen LogP) is 4.75. The molecule has 1 N–H and O–H groups in total. The minimum absolute atomic E-state index is 0.00995. The molecular weight excluding hydrogens is 549 g/mol. The van der Waals surface area contributed by atoms with E-state index in [-0.39, 0.29) is 11.4 Å². The van der Waals surface area contributed by atoms with E-state index in [0.29, 0.717) is 33.7 Å². The molecule has 38 heavy (non-hydrogen) atoms. The Morgan fingerprint density at radius 3 is 2.24 bits per heavy atom. The lowest BCUT2D eigenvalue weighted by atomic mass is 10.1. The van der Waals surface area contributed by atoms with Crippen molar-refractivity contribution >= 4 is 50.7 Å². The fourth-order valence-corrected chi connectivity index (χ4v) is 5.63. The Hall–Kier alpha value is -3.27. The fourth-order valence-electron chi connectivity index (χ4n) is 3.75. The first-order chi connectivity index (χ1) is 18.1. The second-order valence-electron chi connectivity index (χ2n) is 8.30. The van der Waals surface area contributed by atoms with Crippen LogP contribution < -0.4 is 14.4 Å². The molecule has 1 atom stereocenters. The Morgan fingerprint density at radius 1 is 1.00 bits per heavy atom. The van der Waals surface area contributed by atoms with Crippen molar-refractivity contribution in [2.75, 3.05) is 24.5 Å². The van der Waals surface area contributed by atoms with Crippen molar-refractivity contribution in [1.82, 2.24) is 10.2 Å². The fraction of sp³-hybridized carbons (Fsp3) is 0.259. The van der Waals surface area contributed by atoms with Gasteiger partial charge in [-0.15, -0.1) is 0 Å². The first-order valence-electron chi connectivity index (χ1n) is 11.8. The number of likely N-dealkylation sites (N-methyl/N-ethyl adjacent to an activating group) is 1. The monoisotopic (exact) mass is 577 g/mol. The number of benzene rings is 3. The van der Waals surface area contributed by atoms with Gasteiger partial charge in [-0.3, -0.25) is 13.9 Å². The Labute approximate surface area is 233 Å². The molecule has 0 fully saturated rings. The van der Waals surface area contributed by atoms with E-state index < -0.39 is 34.4 Å². The van der Waals surface area contributed by atoms with Crippen molar-refractivity contribution in [2.45, 2.75) is 31.3 Å². The topological polar surface area (TPSA) is 96.0 Å². The van der Waals surface area contributed by atoms with E-state index in [4.69, 9.17) is 27.9 Å². The number of carbonyl (C=O) groups excluding carboxylic acids is 2. The lowest BCUT2D eigenvalue weighted by Gasteiger charge is -2.32. The zero-order valence-corrected chi connectivity index (χ0v) is 23.6. The molecule has 0 unspecified atom stereocenters. The van der Waals surface area contributed by atoms with Crippen LogP contribution in [0.5, 0.6) is 5.75 Å². The second kappa shape index (κ2) is 13.0. The summed E-state index contributed by atoms with van der Waals surface area (Å²) in [6.07, 6.45) is 0. The van der Waals surface area contributed by atoms with Crippen LogP contribution in [0.15, 0.2) is 77.7 Å². The molecule has 202 valence electrons. The number of anilines is 1. The Morgan fingerprint density at radius 2 is 1.66 bits per heavy atom. The minimum atomic E-state index is -4.17. The first kappa shape index (κ1) is 29.3. The highest BCUT2D eigenvalue weighted by molar-refractivity contribution is 7.92. The number of ether oxygens (including phenoxy) is 1. The average molecular weight is 579 g/mol. The summed E-state index contributed by atoms with van der Waals surface area (Å²) in [6.45, 7) is 3.25. The third kappa shape index (κ3) is 6.98. The van der Waals surface area contributed by atoms with E-state index in [1.807, 2.05) is 6.92 Å². The molecule has 0 saturated carbocycles. The highest BCUT2D eigenvalue weighted by Crippen LogP contribution is 2.27. The van der Waals surface area contributed by atoms with E-state index in [1.165, 1.54) is 30.1 Å². The van der Waals surface area contributed by atoms with Crippen LogP contribution in [0.4, 0.5) is 5.69 Å². The van der Waals surface area contributed by atoms with Crippen molar-refractivity contribution in [3.05, 3.63) is 88.4 Å². The summed E-state index contributed by atoms with van der Waals surface area (Å²) in [5, 5.41) is 3.28. The number of carbonyl (C=O) groups is 2. The molecule has 0 aliphatic heterocycles. The van der Waals surface area contributed by atoms with Gasteiger partial charge in [0.2, 0.25) is 11.8 Å². The number of hydrogen-bond acceptors (Lipinski definition) is 5. The zero-order chi connectivity index (χ0) is 27.9. The highest BCUT2D eigenvalue weighted by Gasteiger charge is 2.32. The molecule has 0 bridgehead atoms. The number of nitrogens with one attached hydrogen (secondary N) is 1. The maximum atomic E-state index is 13.8. The maximum absolute atomic E-state index is 13.8. The number of hydrogen-bond donors (Lipinski definition) is 1. The molecule has 11 heteroatoms. The van der Waals surface area contributed by atoms with Crippen LogP contribution in [-0.4, -0.2) is 51.4 Å². The smallest absolute Gasteiger partial charge is 0.264 e. The van der Waals surface area contributed by atoms with E-state index in [1.54, 1.807) is 61.5 Å². The summed E-state index contributed by atoms with van der Waals surface area (Å²) in [7, 11) is -2.70. The van der Waals surface area contributed by atoms with Gasteiger partial charge in [-0.25, -0.2) is 8.42 Å². The second-order valence-corrected chi connectivity index (χ2v) is 11.0. The van der Waals surface area contributed by atoms with Crippen molar-refractivity contribution in [3.63, 3.8) is 0 Å². The molecule has 0 saturated heterocycles. The van der Waals surface area contributed by atoms with Crippen LogP contribution in [0.1, 0.15) is 19.4 Å². The predicted molar refractivity (Wildman–Crippen MR) is 149 cm³/mol. The Kier molecular flexibility index (Phi) is 10.0. The summed E-state index contributed by atoms with van der Waals surface area (Å²) in [5.41, 5.74) is 0.854. The molecule has 0 aliphatic rings. The number of sulfonamides is 1. The Bertz CT molecular complexity index is 1370. The quantitative estimate of drug-likeness (QED) is 0.354. The van der Waals surface area contributed by atoms with Gasteiger partial charge in [0.25, 0.3) is 10.0 Å². The SMILES string of the molecule is CCOc1ccc(S(=O)(=O)N(CC(=O)N(Cc2ccc(Cl)cc2Cl)[C@@H](C)C(=O)NC)c2ccccc2)cc1. The molecule has 0 spiro atoms. The number of amides is 2. The Balaban J connectivity index is 2.01. The summed E-state index contributed by atoms with van der Waals surface area (Å²) in [4.78, 5) is 27.6. The number of rotatable bonds is 11. The van der Waals surface area contributed by atoms with Crippen molar-refractivity contribution < 1.29 is 22.7 Å². The molecule has 0 aromatic heterocycles. The van der Waals surface area contributed by atoms with E-state index in [9.17, 15) is 18.0 Å². The van der Waals surface area contributed by atoms with Crippen LogP contribution in [0.2, 0.25) is 10.0 Å². The van der Waals surface area contributed by atoms with Crippen LogP contribution >= 0.6 is 23.2 Å². The van der Waals surface area contributed by atoms with Gasteiger partial charge in [-0.1, -0.05) is 47.5 Å². The third-order valence-electron chi connectivity index (χ3n) is 5.82. The third-order valence-corrected chi connectivity index (χ3v) is 8.19. The summed E-state index contributed by atoms with van der Waals surface area (Å²) in [6, 6.07) is 18.2. The number of para-hydroxylation sites is 1. The average Bonchev–Trinajstić information content (AvgIpc) is 2.91. The zero-order valence-electron chi connectivity index (χ0n) is 21.2. The molecule has 8 nitrogen and oxygen atoms in total. The maximum Gasteiger partial charge on any atom is 0.264 e. The van der Waals surface area contributed by atoms with Gasteiger partial charge in [0.15, 0.2) is 0 Å². The lowest BCUT2D eigenvalue weighted by molar-refractivity contribution is -0.139. The van der Waals surface area contributed by atoms with Gasteiger partial charge in [-0.2, -0.15) is 0 Å². The molecule has 0 radical (unpaired) electrons. The summed E-state index contributed by atoms with van der Waals surface area (Å²) < 4.78 is 34.0. The van der Waals surface area contributed by atoms with Crippen molar-refractivity contribution in [1.29, 1.82) is 0 Å². The summed E-state index contributed by atoms with van der Waals surface area (Å²) >= 11 is 12.4. The number of halogens is 2. The van der Waals surface area contributed by atoms with E-state index in [2.05, 4.69) is 5.32 Å². The normalized spacial score (nSPS) is 11.9. The molecule has 3 aromatic rings. The molecule has 0 aliphatic carbocycles. The molecule has 2 amide bonds. The standard InChI is InChI=1S/C27H29Cl2N3O5S/c1-4-37-23-12-14-24(15-13-23)38(35,36)32(22-8-6-5-7-9-22)18-26(33)31(19(2)27(34)30-3)17-20-10-11-21(28)16-25(20)29/h5-16,19H,4,17-18H2,1-3H3,(H,30,34)/t19-/m0/s1. The summed E-state index contributed by atoms with van der Waals surface area (Å²) in [5.74, 6) is -0.478. The van der Waals surface area contributed by atoms with Gasteiger partial charge in [0.05, 0.1) is 17.2 Å². The largest absolute Gasteiger partial charge is 0.494 e.